The number of nitrogens with zero attached hydrogens (tertiary/aromatic N) is 2. The maximum Gasteiger partial charge on any atom is 0.171 e. The summed E-state index contributed by atoms with van der Waals surface area (Å²) in [5, 5.41) is 11.7. The number of rotatable bonds is 3. The molecule has 0 fully saturated rings. The molecule has 1 heterocycles. The molecule has 1 aromatic heterocycles. The Labute approximate surface area is 103 Å². The van der Waals surface area contributed by atoms with Crippen molar-refractivity contribution < 1.29 is 5.21 Å². The molecule has 0 bridgehead atoms. The van der Waals surface area contributed by atoms with Crippen LogP contribution in [0.1, 0.15) is 5.56 Å². The number of pyridine rings is 1. The van der Waals surface area contributed by atoms with Crippen molar-refractivity contribution in [2.24, 2.45) is 10.9 Å². The van der Waals surface area contributed by atoms with Crippen molar-refractivity contribution in [3.63, 3.8) is 0 Å². The average molecular weight is 245 g/mol. The van der Waals surface area contributed by atoms with E-state index in [9.17, 15) is 0 Å². The van der Waals surface area contributed by atoms with Crippen LogP contribution in [-0.2, 0) is 0 Å². The maximum absolute atomic E-state index is 8.71. The Morgan fingerprint density at radius 2 is 2.00 bits per heavy atom. The second-order valence-electron chi connectivity index (χ2n) is 3.27. The fourth-order valence-corrected chi connectivity index (χ4v) is 2.29. The van der Waals surface area contributed by atoms with Crippen LogP contribution in [0.3, 0.4) is 0 Å². The molecule has 0 unspecified atom stereocenters. The molecule has 1 aromatic carbocycles. The number of hydrogen-bond acceptors (Lipinski definition) is 4. The molecule has 0 atom stereocenters. The zero-order valence-corrected chi connectivity index (χ0v) is 9.76. The van der Waals surface area contributed by atoms with Crippen molar-refractivity contribution in [3.05, 3.63) is 54.4 Å². The third-order valence-electron chi connectivity index (χ3n) is 2.14. The molecule has 0 aliphatic heterocycles. The van der Waals surface area contributed by atoms with Crippen molar-refractivity contribution in [2.75, 3.05) is 0 Å². The lowest BCUT2D eigenvalue weighted by atomic mass is 10.2. The zero-order chi connectivity index (χ0) is 12.1. The second kappa shape index (κ2) is 5.36. The molecule has 86 valence electrons. The average Bonchev–Trinajstić information content (AvgIpc) is 2.40. The highest BCUT2D eigenvalue weighted by molar-refractivity contribution is 7.99. The molecule has 0 saturated heterocycles. The van der Waals surface area contributed by atoms with Crippen LogP contribution in [0.2, 0.25) is 0 Å². The highest BCUT2D eigenvalue weighted by Crippen LogP contribution is 2.29. The van der Waals surface area contributed by atoms with E-state index < -0.39 is 0 Å². The summed E-state index contributed by atoms with van der Waals surface area (Å²) in [6.07, 6.45) is 3.31. The number of oxime groups is 1. The van der Waals surface area contributed by atoms with Gasteiger partial charge in [-0.05, 0) is 18.2 Å². The van der Waals surface area contributed by atoms with Crippen molar-refractivity contribution in [1.82, 2.24) is 4.98 Å². The predicted molar refractivity (Wildman–Crippen MR) is 67.3 cm³/mol. The Kier molecular flexibility index (Phi) is 3.62. The first-order valence-electron chi connectivity index (χ1n) is 4.96. The minimum absolute atomic E-state index is 0.0887. The molecule has 2 rings (SSSR count). The van der Waals surface area contributed by atoms with E-state index in [1.54, 1.807) is 18.5 Å². The minimum atomic E-state index is 0.0887. The summed E-state index contributed by atoms with van der Waals surface area (Å²) in [7, 11) is 0. The topological polar surface area (TPSA) is 71.5 Å². The van der Waals surface area contributed by atoms with Crippen LogP contribution in [0.5, 0.6) is 0 Å². The molecule has 4 nitrogen and oxygen atoms in total. The monoisotopic (exact) mass is 245 g/mol. The summed E-state index contributed by atoms with van der Waals surface area (Å²) in [6, 6.07) is 11.6. The van der Waals surface area contributed by atoms with Gasteiger partial charge in [0.1, 0.15) is 0 Å². The SMILES string of the molecule is N/C(=N\O)c1ccncc1Sc1ccccc1. The van der Waals surface area contributed by atoms with Crippen LogP contribution in [-0.4, -0.2) is 16.0 Å². The Hall–Kier alpha value is -2.01. The van der Waals surface area contributed by atoms with Gasteiger partial charge in [0.25, 0.3) is 0 Å². The quantitative estimate of drug-likeness (QED) is 0.377. The molecule has 17 heavy (non-hydrogen) atoms. The van der Waals surface area contributed by atoms with E-state index in [2.05, 4.69) is 10.1 Å². The van der Waals surface area contributed by atoms with Crippen LogP contribution < -0.4 is 5.73 Å². The second-order valence-corrected chi connectivity index (χ2v) is 4.39. The molecule has 0 amide bonds. The largest absolute Gasteiger partial charge is 0.409 e. The van der Waals surface area contributed by atoms with Gasteiger partial charge < -0.3 is 10.9 Å². The van der Waals surface area contributed by atoms with Crippen LogP contribution in [0, 0.1) is 0 Å². The molecular formula is C12H11N3OS. The van der Waals surface area contributed by atoms with Gasteiger partial charge in [-0.15, -0.1) is 0 Å². The first-order chi connectivity index (χ1) is 8.31. The van der Waals surface area contributed by atoms with Gasteiger partial charge in [-0.3, -0.25) is 4.98 Å². The van der Waals surface area contributed by atoms with Gasteiger partial charge in [0, 0.05) is 27.7 Å². The molecule has 0 saturated carbocycles. The molecular weight excluding hydrogens is 234 g/mol. The summed E-state index contributed by atoms with van der Waals surface area (Å²) in [5.74, 6) is 0.0887. The molecule has 0 radical (unpaired) electrons. The van der Waals surface area contributed by atoms with E-state index >= 15 is 0 Å². The molecule has 5 heteroatoms. The Balaban J connectivity index is 2.33. The van der Waals surface area contributed by atoms with Gasteiger partial charge in [0.2, 0.25) is 0 Å². The number of amidine groups is 1. The van der Waals surface area contributed by atoms with Crippen molar-refractivity contribution in [3.8, 4) is 0 Å². The van der Waals surface area contributed by atoms with E-state index in [0.29, 0.717) is 5.56 Å². The van der Waals surface area contributed by atoms with Gasteiger partial charge in [0.15, 0.2) is 5.84 Å². The first-order valence-corrected chi connectivity index (χ1v) is 5.77. The predicted octanol–water partition coefficient (Wildman–Crippen LogP) is 2.33. The van der Waals surface area contributed by atoms with E-state index in [1.165, 1.54) is 11.8 Å². The van der Waals surface area contributed by atoms with Crippen LogP contribution >= 0.6 is 11.8 Å². The van der Waals surface area contributed by atoms with E-state index in [4.69, 9.17) is 10.9 Å². The fraction of sp³-hybridized carbons (Fsp3) is 0. The zero-order valence-electron chi connectivity index (χ0n) is 8.95. The summed E-state index contributed by atoms with van der Waals surface area (Å²) in [4.78, 5) is 5.98. The number of aromatic nitrogens is 1. The van der Waals surface area contributed by atoms with Crippen LogP contribution in [0.25, 0.3) is 0 Å². The van der Waals surface area contributed by atoms with Gasteiger partial charge in [-0.2, -0.15) is 0 Å². The van der Waals surface area contributed by atoms with Crippen LogP contribution in [0.4, 0.5) is 0 Å². The molecule has 3 N–H and O–H groups in total. The minimum Gasteiger partial charge on any atom is -0.409 e. The third kappa shape index (κ3) is 2.76. The lowest BCUT2D eigenvalue weighted by Gasteiger charge is -2.06. The normalized spacial score (nSPS) is 11.4. The van der Waals surface area contributed by atoms with E-state index in [0.717, 1.165) is 9.79 Å². The number of hydrogen-bond donors (Lipinski definition) is 2. The molecule has 0 aliphatic rings. The standard InChI is InChI=1S/C12H11N3OS/c13-12(15-16)10-6-7-14-8-11(10)17-9-4-2-1-3-5-9/h1-8,16H,(H2,13,15). The first kappa shape index (κ1) is 11.5. The van der Waals surface area contributed by atoms with Gasteiger partial charge in [-0.1, -0.05) is 35.1 Å². The summed E-state index contributed by atoms with van der Waals surface area (Å²) >= 11 is 1.52. The highest BCUT2D eigenvalue weighted by atomic mass is 32.2. The lowest BCUT2D eigenvalue weighted by molar-refractivity contribution is 0.318. The lowest BCUT2D eigenvalue weighted by Crippen LogP contribution is -2.14. The summed E-state index contributed by atoms with van der Waals surface area (Å²) in [6.45, 7) is 0. The molecule has 0 spiro atoms. The fourth-order valence-electron chi connectivity index (χ4n) is 1.34. The molecule has 2 aromatic rings. The van der Waals surface area contributed by atoms with Crippen molar-refractivity contribution in [1.29, 1.82) is 0 Å². The Morgan fingerprint density at radius 1 is 1.24 bits per heavy atom. The van der Waals surface area contributed by atoms with E-state index in [-0.39, 0.29) is 5.84 Å². The van der Waals surface area contributed by atoms with E-state index in [1.807, 2.05) is 30.3 Å². The Bertz CT molecular complexity index is 528. The smallest absolute Gasteiger partial charge is 0.171 e. The van der Waals surface area contributed by atoms with Gasteiger partial charge in [0.05, 0.1) is 0 Å². The number of nitrogens with two attached hydrogens (primary N) is 1. The maximum atomic E-state index is 8.71. The number of benzene rings is 1. The highest BCUT2D eigenvalue weighted by Gasteiger charge is 2.08. The Morgan fingerprint density at radius 3 is 2.71 bits per heavy atom. The molecule has 0 aliphatic carbocycles. The summed E-state index contributed by atoms with van der Waals surface area (Å²) < 4.78 is 0. The van der Waals surface area contributed by atoms with Crippen molar-refractivity contribution in [2.45, 2.75) is 9.79 Å². The third-order valence-corrected chi connectivity index (χ3v) is 3.19. The van der Waals surface area contributed by atoms with Crippen LogP contribution in [0.15, 0.2) is 63.7 Å². The van der Waals surface area contributed by atoms with Gasteiger partial charge >= 0.3 is 0 Å². The van der Waals surface area contributed by atoms with Crippen molar-refractivity contribution >= 4 is 17.6 Å². The summed E-state index contributed by atoms with van der Waals surface area (Å²) in [5.41, 5.74) is 6.28. The van der Waals surface area contributed by atoms with Gasteiger partial charge in [-0.25, -0.2) is 0 Å².